The second-order valence-corrected chi connectivity index (χ2v) is 6.95. The number of nitrogens with two attached hydrogens (primary N) is 1. The molecule has 1 aromatic carbocycles. The first-order chi connectivity index (χ1) is 11.7. The molecule has 1 amide bonds. The van der Waals surface area contributed by atoms with Crippen molar-refractivity contribution >= 4 is 11.8 Å². The van der Waals surface area contributed by atoms with E-state index in [2.05, 4.69) is 10.4 Å². The van der Waals surface area contributed by atoms with Crippen LogP contribution >= 0.6 is 0 Å². The van der Waals surface area contributed by atoms with Crippen LogP contribution < -0.4 is 15.8 Å². The van der Waals surface area contributed by atoms with E-state index >= 15 is 0 Å². The first kappa shape index (κ1) is 18.6. The molecule has 1 aromatic heterocycles. The minimum absolute atomic E-state index is 0.216. The number of aryl methyl sites for hydroxylation is 1. The zero-order chi connectivity index (χ0) is 18.6. The van der Waals surface area contributed by atoms with Crippen molar-refractivity contribution in [3.8, 4) is 17.0 Å². The molecule has 3 N–H and O–H groups in total. The summed E-state index contributed by atoms with van der Waals surface area (Å²) in [7, 11) is 1.86. The summed E-state index contributed by atoms with van der Waals surface area (Å²) in [6.45, 7) is 7.62. The highest BCUT2D eigenvalue weighted by Crippen LogP contribution is 2.31. The summed E-state index contributed by atoms with van der Waals surface area (Å²) in [6, 6.07) is 7.12. The van der Waals surface area contributed by atoms with Gasteiger partial charge in [0.2, 0.25) is 0 Å². The summed E-state index contributed by atoms with van der Waals surface area (Å²) in [5.41, 5.74) is 7.76. The van der Waals surface area contributed by atoms with Crippen LogP contribution in [0.5, 0.6) is 5.75 Å². The van der Waals surface area contributed by atoms with Gasteiger partial charge in [-0.15, -0.1) is 0 Å². The van der Waals surface area contributed by atoms with E-state index in [4.69, 9.17) is 15.2 Å². The lowest BCUT2D eigenvalue weighted by molar-refractivity contribution is 0.0494. The van der Waals surface area contributed by atoms with E-state index in [1.54, 1.807) is 16.9 Å². The van der Waals surface area contributed by atoms with E-state index in [9.17, 15) is 4.79 Å². The fraction of sp³-hybridized carbons (Fsp3) is 0.444. The van der Waals surface area contributed by atoms with Crippen LogP contribution in [0, 0.1) is 0 Å². The van der Waals surface area contributed by atoms with Crippen molar-refractivity contribution in [3.63, 3.8) is 0 Å². The third-order valence-corrected chi connectivity index (χ3v) is 3.35. The monoisotopic (exact) mass is 346 g/mol. The van der Waals surface area contributed by atoms with Gasteiger partial charge in [-0.2, -0.15) is 5.10 Å². The van der Waals surface area contributed by atoms with Gasteiger partial charge in [0, 0.05) is 24.5 Å². The number of aromatic nitrogens is 2. The van der Waals surface area contributed by atoms with Crippen LogP contribution in [-0.2, 0) is 11.8 Å². The van der Waals surface area contributed by atoms with Crippen molar-refractivity contribution in [2.24, 2.45) is 7.05 Å². The number of amides is 1. The molecule has 136 valence electrons. The van der Waals surface area contributed by atoms with Gasteiger partial charge in [-0.05, 0) is 52.0 Å². The lowest BCUT2D eigenvalue weighted by Crippen LogP contribution is -2.40. The molecule has 0 aliphatic rings. The molecule has 0 saturated heterocycles. The maximum atomic E-state index is 11.8. The van der Waals surface area contributed by atoms with Crippen molar-refractivity contribution < 1.29 is 14.3 Å². The summed E-state index contributed by atoms with van der Waals surface area (Å²) >= 11 is 0. The van der Waals surface area contributed by atoms with Crippen molar-refractivity contribution in [2.45, 2.75) is 39.3 Å². The third-order valence-electron chi connectivity index (χ3n) is 3.35. The highest BCUT2D eigenvalue weighted by molar-refractivity contribution is 5.71. The van der Waals surface area contributed by atoms with Gasteiger partial charge in [0.05, 0.1) is 11.7 Å². The highest BCUT2D eigenvalue weighted by atomic mass is 16.6. The Morgan fingerprint density at radius 2 is 2.08 bits per heavy atom. The number of carbonyl (C=O) groups is 1. The Labute approximate surface area is 148 Å². The third kappa shape index (κ3) is 5.41. The lowest BCUT2D eigenvalue weighted by Gasteiger charge is -2.22. The molecule has 1 heterocycles. The molecule has 1 atom stereocenters. The van der Waals surface area contributed by atoms with E-state index in [1.165, 1.54) is 0 Å². The molecule has 0 saturated carbocycles. The SMILES string of the molecule is CC(COc1ccc(N)cc1-c1ccnn1C)NC(=O)OC(C)(C)C. The van der Waals surface area contributed by atoms with Crippen molar-refractivity contribution in [3.05, 3.63) is 30.5 Å². The Hall–Kier alpha value is -2.70. The van der Waals surface area contributed by atoms with E-state index < -0.39 is 11.7 Å². The molecular weight excluding hydrogens is 320 g/mol. The average molecular weight is 346 g/mol. The van der Waals surface area contributed by atoms with Crippen LogP contribution in [0.4, 0.5) is 10.5 Å². The molecular formula is C18H26N4O3. The summed E-state index contributed by atoms with van der Waals surface area (Å²) < 4.78 is 12.9. The Balaban J connectivity index is 2.04. The fourth-order valence-corrected chi connectivity index (χ4v) is 2.28. The van der Waals surface area contributed by atoms with Crippen molar-refractivity contribution in [1.29, 1.82) is 0 Å². The van der Waals surface area contributed by atoms with Gasteiger partial charge in [-0.25, -0.2) is 4.79 Å². The maximum Gasteiger partial charge on any atom is 0.407 e. The molecule has 2 aromatic rings. The molecule has 0 radical (unpaired) electrons. The number of nitrogen functional groups attached to an aromatic ring is 1. The number of hydrogen-bond donors (Lipinski definition) is 2. The maximum absolute atomic E-state index is 11.8. The molecule has 0 aliphatic carbocycles. The fourth-order valence-electron chi connectivity index (χ4n) is 2.28. The van der Waals surface area contributed by atoms with Gasteiger partial charge in [0.15, 0.2) is 0 Å². The quantitative estimate of drug-likeness (QED) is 0.812. The number of ether oxygens (including phenoxy) is 2. The lowest BCUT2D eigenvalue weighted by atomic mass is 10.1. The van der Waals surface area contributed by atoms with E-state index in [0.717, 1.165) is 11.3 Å². The van der Waals surface area contributed by atoms with Crippen LogP contribution in [0.2, 0.25) is 0 Å². The molecule has 0 spiro atoms. The second-order valence-electron chi connectivity index (χ2n) is 6.95. The second kappa shape index (κ2) is 7.46. The first-order valence-corrected chi connectivity index (χ1v) is 8.16. The average Bonchev–Trinajstić information content (AvgIpc) is 2.89. The molecule has 7 heteroatoms. The van der Waals surface area contributed by atoms with Crippen LogP contribution in [-0.4, -0.2) is 34.1 Å². The van der Waals surface area contributed by atoms with E-state index in [1.807, 2.05) is 52.9 Å². The molecule has 0 bridgehead atoms. The van der Waals surface area contributed by atoms with E-state index in [0.29, 0.717) is 18.0 Å². The predicted molar refractivity (Wildman–Crippen MR) is 97.4 cm³/mol. The number of hydrogen-bond acceptors (Lipinski definition) is 5. The van der Waals surface area contributed by atoms with Crippen molar-refractivity contribution in [2.75, 3.05) is 12.3 Å². The summed E-state index contributed by atoms with van der Waals surface area (Å²) in [5.74, 6) is 0.677. The van der Waals surface area contributed by atoms with Crippen molar-refractivity contribution in [1.82, 2.24) is 15.1 Å². The topological polar surface area (TPSA) is 91.4 Å². The predicted octanol–water partition coefficient (Wildman–Crippen LogP) is 2.96. The summed E-state index contributed by atoms with van der Waals surface area (Å²) in [5, 5.41) is 6.93. The van der Waals surface area contributed by atoms with Gasteiger partial charge in [0.1, 0.15) is 18.0 Å². The Morgan fingerprint density at radius 1 is 1.36 bits per heavy atom. The van der Waals surface area contributed by atoms with Gasteiger partial charge in [-0.3, -0.25) is 4.68 Å². The number of carbonyl (C=O) groups excluding carboxylic acids is 1. The van der Waals surface area contributed by atoms with Crippen LogP contribution in [0.25, 0.3) is 11.3 Å². The van der Waals surface area contributed by atoms with Gasteiger partial charge in [0.25, 0.3) is 0 Å². The zero-order valence-corrected chi connectivity index (χ0v) is 15.4. The minimum atomic E-state index is -0.533. The van der Waals surface area contributed by atoms with Gasteiger partial charge < -0.3 is 20.5 Å². The largest absolute Gasteiger partial charge is 0.491 e. The zero-order valence-electron chi connectivity index (χ0n) is 15.4. The molecule has 7 nitrogen and oxygen atoms in total. The number of anilines is 1. The Kier molecular flexibility index (Phi) is 5.56. The normalized spacial score (nSPS) is 12.5. The smallest absolute Gasteiger partial charge is 0.407 e. The molecule has 0 aliphatic heterocycles. The molecule has 2 rings (SSSR count). The highest BCUT2D eigenvalue weighted by Gasteiger charge is 2.18. The van der Waals surface area contributed by atoms with Crippen LogP contribution in [0.15, 0.2) is 30.5 Å². The van der Waals surface area contributed by atoms with E-state index in [-0.39, 0.29) is 6.04 Å². The Morgan fingerprint density at radius 3 is 2.68 bits per heavy atom. The summed E-state index contributed by atoms with van der Waals surface area (Å²) in [4.78, 5) is 11.8. The van der Waals surface area contributed by atoms with Crippen LogP contribution in [0.1, 0.15) is 27.7 Å². The van der Waals surface area contributed by atoms with Crippen LogP contribution in [0.3, 0.4) is 0 Å². The molecule has 0 fully saturated rings. The number of nitrogens with one attached hydrogen (secondary N) is 1. The minimum Gasteiger partial charge on any atom is -0.491 e. The van der Waals surface area contributed by atoms with Gasteiger partial charge in [-0.1, -0.05) is 0 Å². The number of alkyl carbamates (subject to hydrolysis) is 1. The Bertz CT molecular complexity index is 734. The van der Waals surface area contributed by atoms with Gasteiger partial charge >= 0.3 is 6.09 Å². The summed E-state index contributed by atoms with van der Waals surface area (Å²) in [6.07, 6.45) is 1.25. The first-order valence-electron chi connectivity index (χ1n) is 8.16. The molecule has 1 unspecified atom stereocenters. The number of benzene rings is 1. The standard InChI is InChI=1S/C18H26N4O3/c1-12(21-17(23)25-18(2,3)4)11-24-16-7-6-13(19)10-14(16)15-8-9-20-22(15)5/h6-10,12H,11,19H2,1-5H3,(H,21,23). The number of nitrogens with zero attached hydrogens (tertiary/aromatic N) is 2. The number of rotatable bonds is 5. The molecule has 25 heavy (non-hydrogen) atoms.